The van der Waals surface area contributed by atoms with Crippen molar-refractivity contribution in [3.05, 3.63) is 42.0 Å². The van der Waals surface area contributed by atoms with Crippen LogP contribution in [0.25, 0.3) is 11.3 Å². The van der Waals surface area contributed by atoms with Crippen molar-refractivity contribution in [1.82, 2.24) is 20.4 Å². The molecule has 1 amide bonds. The highest BCUT2D eigenvalue weighted by molar-refractivity contribution is 5.94. The molecule has 1 atom stereocenters. The summed E-state index contributed by atoms with van der Waals surface area (Å²) in [4.78, 5) is 17.3. The van der Waals surface area contributed by atoms with E-state index in [1.54, 1.807) is 0 Å². The number of nitrogens with zero attached hydrogens (tertiary/aromatic N) is 4. The lowest BCUT2D eigenvalue weighted by Gasteiger charge is -2.33. The van der Waals surface area contributed by atoms with Gasteiger partial charge in [0.05, 0.1) is 5.69 Å². The van der Waals surface area contributed by atoms with Gasteiger partial charge in [-0.25, -0.2) is 0 Å². The average Bonchev–Trinajstić information content (AvgIpc) is 3.33. The summed E-state index contributed by atoms with van der Waals surface area (Å²) in [7, 11) is 0. The van der Waals surface area contributed by atoms with Crippen molar-refractivity contribution in [2.24, 2.45) is 0 Å². The molecule has 4 rings (SSSR count). The number of rotatable bonds is 7. The predicted octanol–water partition coefficient (Wildman–Crippen LogP) is 3.74. The molecule has 6 nitrogen and oxygen atoms in total. The summed E-state index contributed by atoms with van der Waals surface area (Å²) < 4.78 is 0. The lowest BCUT2D eigenvalue weighted by Crippen LogP contribution is -2.39. The second-order valence-corrected chi connectivity index (χ2v) is 8.54. The van der Waals surface area contributed by atoms with Gasteiger partial charge in [0.2, 0.25) is 0 Å². The Hall–Kier alpha value is -2.47. The van der Waals surface area contributed by atoms with Crippen LogP contribution in [-0.4, -0.2) is 59.8 Å². The maximum Gasteiger partial charge on any atom is 0.251 e. The molecule has 2 fully saturated rings. The van der Waals surface area contributed by atoms with Crippen LogP contribution in [0.3, 0.4) is 0 Å². The Bertz CT molecular complexity index is 814. The van der Waals surface area contributed by atoms with Crippen molar-refractivity contribution in [1.29, 1.82) is 0 Å². The molecule has 0 aliphatic carbocycles. The molecule has 2 saturated heterocycles. The van der Waals surface area contributed by atoms with Gasteiger partial charge in [-0.3, -0.25) is 4.79 Å². The minimum Gasteiger partial charge on any atom is -0.355 e. The van der Waals surface area contributed by atoms with Crippen LogP contribution in [0, 0.1) is 0 Å². The summed E-state index contributed by atoms with van der Waals surface area (Å²) in [5.74, 6) is 0.940. The first kappa shape index (κ1) is 20.8. The Morgan fingerprint density at radius 1 is 1.00 bits per heavy atom. The third-order valence-corrected chi connectivity index (χ3v) is 6.37. The number of benzene rings is 1. The van der Waals surface area contributed by atoms with Crippen molar-refractivity contribution in [3.8, 4) is 11.3 Å². The zero-order valence-corrected chi connectivity index (χ0v) is 18.0. The van der Waals surface area contributed by atoms with Crippen LogP contribution in [-0.2, 0) is 0 Å². The van der Waals surface area contributed by atoms with E-state index >= 15 is 0 Å². The van der Waals surface area contributed by atoms with E-state index in [4.69, 9.17) is 0 Å². The lowest BCUT2D eigenvalue weighted by atomic mass is 10.0. The zero-order chi connectivity index (χ0) is 20.8. The summed E-state index contributed by atoms with van der Waals surface area (Å²) in [6.45, 7) is 7.41. The van der Waals surface area contributed by atoms with Gasteiger partial charge in [0, 0.05) is 43.3 Å². The molecule has 2 aliphatic heterocycles. The highest BCUT2D eigenvalue weighted by atomic mass is 16.1. The normalized spacial score (nSPS) is 19.8. The third kappa shape index (κ3) is 5.17. The molecule has 160 valence electrons. The van der Waals surface area contributed by atoms with Crippen LogP contribution in [0.15, 0.2) is 36.4 Å². The summed E-state index contributed by atoms with van der Waals surface area (Å²) >= 11 is 0. The number of hydrogen-bond acceptors (Lipinski definition) is 5. The number of carbonyl (C=O) groups is 1. The minimum atomic E-state index is -0.0105. The number of aromatic nitrogens is 2. The van der Waals surface area contributed by atoms with E-state index in [1.807, 2.05) is 36.4 Å². The van der Waals surface area contributed by atoms with Gasteiger partial charge in [0.25, 0.3) is 5.91 Å². The van der Waals surface area contributed by atoms with Crippen LogP contribution in [0.2, 0.25) is 0 Å². The highest BCUT2D eigenvalue weighted by Crippen LogP contribution is 2.21. The fraction of sp³-hybridized carbons (Fsp3) is 0.542. The van der Waals surface area contributed by atoms with Crippen LogP contribution < -0.4 is 10.2 Å². The topological polar surface area (TPSA) is 61.4 Å². The molecule has 6 heteroatoms. The summed E-state index contributed by atoms with van der Waals surface area (Å²) in [6, 6.07) is 12.4. The quantitative estimate of drug-likeness (QED) is 0.709. The number of amides is 1. The fourth-order valence-corrected chi connectivity index (χ4v) is 4.46. The maximum absolute atomic E-state index is 12.4. The van der Waals surface area contributed by atoms with E-state index in [-0.39, 0.29) is 5.91 Å². The summed E-state index contributed by atoms with van der Waals surface area (Å²) in [5, 5.41) is 11.8. The monoisotopic (exact) mass is 407 g/mol. The molecule has 0 spiro atoms. The van der Waals surface area contributed by atoms with Gasteiger partial charge in [-0.1, -0.05) is 18.6 Å². The summed E-state index contributed by atoms with van der Waals surface area (Å²) in [5.41, 5.74) is 2.50. The van der Waals surface area contributed by atoms with Crippen LogP contribution in [0.4, 0.5) is 5.82 Å². The van der Waals surface area contributed by atoms with Crippen LogP contribution in [0.5, 0.6) is 0 Å². The van der Waals surface area contributed by atoms with E-state index in [9.17, 15) is 4.79 Å². The summed E-state index contributed by atoms with van der Waals surface area (Å²) in [6.07, 6.45) is 7.39. The second kappa shape index (κ2) is 10.0. The van der Waals surface area contributed by atoms with Crippen LogP contribution >= 0.6 is 0 Å². The van der Waals surface area contributed by atoms with Crippen molar-refractivity contribution < 1.29 is 4.79 Å². The van der Waals surface area contributed by atoms with E-state index < -0.39 is 0 Å². The lowest BCUT2D eigenvalue weighted by molar-refractivity contribution is 0.0949. The molecule has 0 saturated carbocycles. The smallest absolute Gasteiger partial charge is 0.251 e. The SMILES string of the molecule is C[C@@H]1CCCCN1CCCNC(=O)c1ccc(-c2ccc(N3CCCC3)nn2)cc1. The Morgan fingerprint density at radius 2 is 1.77 bits per heavy atom. The molecule has 3 heterocycles. The number of nitrogens with one attached hydrogen (secondary N) is 1. The second-order valence-electron chi connectivity index (χ2n) is 8.54. The molecule has 0 bridgehead atoms. The van der Waals surface area contributed by atoms with E-state index in [1.165, 1.54) is 38.6 Å². The number of piperidine rings is 1. The largest absolute Gasteiger partial charge is 0.355 e. The predicted molar refractivity (Wildman–Crippen MR) is 121 cm³/mol. The molecule has 30 heavy (non-hydrogen) atoms. The third-order valence-electron chi connectivity index (χ3n) is 6.37. The van der Waals surface area contributed by atoms with Gasteiger partial charge < -0.3 is 15.1 Å². The first-order chi connectivity index (χ1) is 14.7. The van der Waals surface area contributed by atoms with Gasteiger partial charge in [-0.2, -0.15) is 0 Å². The first-order valence-corrected chi connectivity index (χ1v) is 11.4. The first-order valence-electron chi connectivity index (χ1n) is 11.4. The molecular formula is C24H33N5O. The number of anilines is 1. The molecule has 1 N–H and O–H groups in total. The maximum atomic E-state index is 12.4. The number of carbonyl (C=O) groups excluding carboxylic acids is 1. The van der Waals surface area contributed by atoms with Gasteiger partial charge in [-0.15, -0.1) is 10.2 Å². The van der Waals surface area contributed by atoms with Gasteiger partial charge in [0.15, 0.2) is 5.82 Å². The minimum absolute atomic E-state index is 0.0105. The Labute approximate surface area is 179 Å². The molecule has 1 aromatic heterocycles. The van der Waals surface area contributed by atoms with E-state index in [0.29, 0.717) is 18.2 Å². The zero-order valence-electron chi connectivity index (χ0n) is 18.0. The molecule has 2 aromatic rings. The van der Waals surface area contributed by atoms with Gasteiger partial charge in [-0.05, 0) is 69.8 Å². The Kier molecular flexibility index (Phi) is 6.95. The molecule has 2 aliphatic rings. The Balaban J connectivity index is 1.26. The molecule has 0 radical (unpaired) electrons. The standard InChI is InChI=1S/C24H33N5O/c1-19-7-2-3-15-28(19)18-6-14-25-24(30)21-10-8-20(9-11-21)22-12-13-23(27-26-22)29-16-4-5-17-29/h8-13,19H,2-7,14-18H2,1H3,(H,25,30)/t19-/m1/s1. The molecule has 0 unspecified atom stereocenters. The van der Waals surface area contributed by atoms with Crippen LogP contribution in [0.1, 0.15) is 55.8 Å². The molecule has 1 aromatic carbocycles. The highest BCUT2D eigenvalue weighted by Gasteiger charge is 2.17. The van der Waals surface area contributed by atoms with Crippen molar-refractivity contribution in [2.75, 3.05) is 37.6 Å². The van der Waals surface area contributed by atoms with Crippen molar-refractivity contribution in [2.45, 2.75) is 51.5 Å². The Morgan fingerprint density at radius 3 is 2.47 bits per heavy atom. The van der Waals surface area contributed by atoms with Gasteiger partial charge >= 0.3 is 0 Å². The van der Waals surface area contributed by atoms with E-state index in [0.717, 1.165) is 43.1 Å². The molecular weight excluding hydrogens is 374 g/mol. The average molecular weight is 408 g/mol. The number of likely N-dealkylation sites (tertiary alicyclic amines) is 1. The van der Waals surface area contributed by atoms with Crippen molar-refractivity contribution >= 4 is 11.7 Å². The van der Waals surface area contributed by atoms with E-state index in [2.05, 4.69) is 32.2 Å². The van der Waals surface area contributed by atoms with Crippen molar-refractivity contribution in [3.63, 3.8) is 0 Å². The fourth-order valence-electron chi connectivity index (χ4n) is 4.46. The van der Waals surface area contributed by atoms with Gasteiger partial charge in [0.1, 0.15) is 0 Å². The number of hydrogen-bond donors (Lipinski definition) is 1.